The Morgan fingerprint density at radius 1 is 0.721 bits per heavy atom. The summed E-state index contributed by atoms with van der Waals surface area (Å²) in [6, 6.07) is 50.3. The van der Waals surface area contributed by atoms with Crippen molar-refractivity contribution in [3.8, 4) is 22.5 Å². The van der Waals surface area contributed by atoms with E-state index in [2.05, 4.69) is 41.2 Å². The van der Waals surface area contributed by atoms with Gasteiger partial charge >= 0.3 is 5.97 Å². The predicted molar refractivity (Wildman–Crippen MR) is 229 cm³/mol. The van der Waals surface area contributed by atoms with Crippen LogP contribution < -0.4 is 0 Å². The SMILES string of the molecule is CC1c2ccc(CO[N+](=O)[O-])cc2C(=O)N(Cc2ccc(-c3ccccc3-c3nnn(C(c4ccccc4)(c4ccccc4)c4ccccc4)n3)cc2)[C@@H]1C(=O)OC(C)(C)C. The summed E-state index contributed by atoms with van der Waals surface area (Å²) in [5.74, 6) is -0.874. The van der Waals surface area contributed by atoms with E-state index >= 15 is 0 Å². The molecule has 0 radical (unpaired) electrons. The Morgan fingerprint density at radius 2 is 1.26 bits per heavy atom. The third kappa shape index (κ3) is 7.99. The number of esters is 1. The van der Waals surface area contributed by atoms with E-state index in [0.29, 0.717) is 22.5 Å². The van der Waals surface area contributed by atoms with Crippen molar-refractivity contribution in [1.29, 1.82) is 0 Å². The average Bonchev–Trinajstić information content (AvgIpc) is 3.76. The second-order valence-electron chi connectivity index (χ2n) is 16.1. The van der Waals surface area contributed by atoms with Crippen molar-refractivity contribution >= 4 is 11.9 Å². The number of fused-ring (bicyclic) bond motifs is 1. The van der Waals surface area contributed by atoms with E-state index in [9.17, 15) is 19.7 Å². The Hall–Kier alpha value is -7.47. The minimum absolute atomic E-state index is 0.112. The van der Waals surface area contributed by atoms with E-state index in [1.165, 1.54) is 4.90 Å². The van der Waals surface area contributed by atoms with Crippen molar-refractivity contribution in [2.75, 3.05) is 0 Å². The van der Waals surface area contributed by atoms with Gasteiger partial charge < -0.3 is 14.5 Å². The first-order valence-electron chi connectivity index (χ1n) is 20.0. The molecule has 61 heavy (non-hydrogen) atoms. The zero-order chi connectivity index (χ0) is 42.7. The molecule has 2 atom stereocenters. The highest BCUT2D eigenvalue weighted by Gasteiger charge is 2.44. The molecular weight excluding hydrogens is 769 g/mol. The smallest absolute Gasteiger partial charge is 0.330 e. The lowest BCUT2D eigenvalue weighted by Gasteiger charge is -2.40. The lowest BCUT2D eigenvalue weighted by atomic mass is 9.77. The van der Waals surface area contributed by atoms with E-state index in [1.54, 1.807) is 43.8 Å². The van der Waals surface area contributed by atoms with Crippen LogP contribution in [0, 0.1) is 10.1 Å². The van der Waals surface area contributed by atoms with E-state index in [4.69, 9.17) is 20.1 Å². The number of ether oxygens (including phenoxy) is 1. The molecule has 0 fully saturated rings. The summed E-state index contributed by atoms with van der Waals surface area (Å²) >= 11 is 0. The van der Waals surface area contributed by atoms with Crippen LogP contribution in [0.2, 0.25) is 0 Å². The normalized spacial score (nSPS) is 15.2. The van der Waals surface area contributed by atoms with Crippen LogP contribution in [0.1, 0.15) is 77.4 Å². The van der Waals surface area contributed by atoms with Crippen molar-refractivity contribution in [2.45, 2.75) is 63.9 Å². The molecule has 1 unspecified atom stereocenters. The lowest BCUT2D eigenvalue weighted by molar-refractivity contribution is -0.763. The summed E-state index contributed by atoms with van der Waals surface area (Å²) in [5.41, 5.74) is 6.04. The largest absolute Gasteiger partial charge is 0.458 e. The molecule has 1 aromatic heterocycles. The molecule has 1 amide bonds. The van der Waals surface area contributed by atoms with E-state index in [1.807, 2.05) is 110 Å². The number of amides is 1. The van der Waals surface area contributed by atoms with E-state index < -0.39 is 34.2 Å². The topological polar surface area (TPSA) is 143 Å². The number of hydrogen-bond donors (Lipinski definition) is 0. The monoisotopic (exact) mass is 812 g/mol. The minimum atomic E-state index is -0.933. The fraction of sp³-hybridized carbons (Fsp3) is 0.204. The molecule has 0 N–H and O–H groups in total. The minimum Gasteiger partial charge on any atom is -0.458 e. The average molecular weight is 813 g/mol. The van der Waals surface area contributed by atoms with Gasteiger partial charge in [-0.25, -0.2) is 4.79 Å². The lowest BCUT2D eigenvalue weighted by Crippen LogP contribution is -2.52. The molecule has 8 rings (SSSR count). The van der Waals surface area contributed by atoms with Crippen LogP contribution in [0.15, 0.2) is 158 Å². The summed E-state index contributed by atoms with van der Waals surface area (Å²) in [7, 11) is 0. The van der Waals surface area contributed by atoms with Crippen molar-refractivity contribution in [2.24, 2.45) is 0 Å². The van der Waals surface area contributed by atoms with Gasteiger partial charge in [-0.2, -0.15) is 0 Å². The quantitative estimate of drug-likeness (QED) is 0.0511. The zero-order valence-electron chi connectivity index (χ0n) is 34.2. The summed E-state index contributed by atoms with van der Waals surface area (Å²) in [6.45, 7) is 7.06. The standard InChI is InChI=1S/C49H44N6O6/c1-33-40-29-26-35(32-60-55(58)59)30-43(40)46(56)53(44(33)47(57)61-48(2,3)4)31-34-24-27-36(28-25-34)41-22-14-15-23-42(41)45-50-52-54(51-45)49(37-16-8-5-9-17-37,38-18-10-6-11-19-38)39-20-12-7-13-21-39/h5-30,33,44H,31-32H2,1-4H3/t33?,44-/m0/s1. The van der Waals surface area contributed by atoms with Crippen LogP contribution in [0.25, 0.3) is 22.5 Å². The molecule has 6 aromatic carbocycles. The van der Waals surface area contributed by atoms with Crippen LogP contribution in [-0.4, -0.2) is 53.7 Å². The Kier molecular flexibility index (Phi) is 11.0. The van der Waals surface area contributed by atoms with Gasteiger partial charge in [-0.1, -0.05) is 159 Å². The highest BCUT2D eigenvalue weighted by atomic mass is 16.9. The Bertz CT molecular complexity index is 2580. The molecule has 306 valence electrons. The third-order valence-electron chi connectivity index (χ3n) is 11.0. The van der Waals surface area contributed by atoms with Gasteiger partial charge in [0.15, 0.2) is 5.54 Å². The summed E-state index contributed by atoms with van der Waals surface area (Å²) in [4.78, 5) is 46.8. The molecule has 1 aliphatic heterocycles. The Morgan fingerprint density at radius 3 is 1.82 bits per heavy atom. The molecule has 0 aliphatic carbocycles. The molecule has 12 heteroatoms. The van der Waals surface area contributed by atoms with Gasteiger partial charge in [0, 0.05) is 23.6 Å². The molecule has 0 saturated carbocycles. The summed E-state index contributed by atoms with van der Waals surface area (Å²) in [6.07, 6.45) is 0. The highest BCUT2D eigenvalue weighted by Crippen LogP contribution is 2.41. The molecular formula is C49H44N6O6. The van der Waals surface area contributed by atoms with Crippen LogP contribution in [0.3, 0.4) is 0 Å². The van der Waals surface area contributed by atoms with Gasteiger partial charge in [-0.3, -0.25) is 4.79 Å². The number of carbonyl (C=O) groups excluding carboxylic acids is 2. The summed E-state index contributed by atoms with van der Waals surface area (Å²) in [5, 5.41) is 24.6. The Balaban J connectivity index is 1.14. The molecule has 1 aliphatic rings. The Labute approximate surface area is 353 Å². The van der Waals surface area contributed by atoms with Crippen LogP contribution >= 0.6 is 0 Å². The first kappa shape index (κ1) is 40.3. The van der Waals surface area contributed by atoms with Crippen molar-refractivity contribution in [3.63, 3.8) is 0 Å². The number of aromatic nitrogens is 4. The number of carbonyl (C=O) groups is 2. The number of hydrogen-bond acceptors (Lipinski definition) is 9. The molecule has 2 heterocycles. The molecule has 0 saturated heterocycles. The van der Waals surface area contributed by atoms with Gasteiger partial charge in [0.05, 0.1) is 0 Å². The number of tetrazole rings is 1. The first-order chi connectivity index (χ1) is 29.4. The molecule has 0 spiro atoms. The number of rotatable bonds is 12. The summed E-state index contributed by atoms with van der Waals surface area (Å²) < 4.78 is 5.85. The van der Waals surface area contributed by atoms with Gasteiger partial charge in [-0.05, 0) is 76.6 Å². The first-order valence-corrected chi connectivity index (χ1v) is 20.0. The van der Waals surface area contributed by atoms with Gasteiger partial charge in [0.25, 0.3) is 11.0 Å². The van der Waals surface area contributed by atoms with Crippen LogP contribution in [0.4, 0.5) is 0 Å². The number of nitrogens with zero attached hydrogens (tertiary/aromatic N) is 6. The second kappa shape index (κ2) is 16.6. The van der Waals surface area contributed by atoms with Crippen LogP contribution in [0.5, 0.6) is 0 Å². The maximum absolute atomic E-state index is 14.3. The molecule has 0 bridgehead atoms. The maximum Gasteiger partial charge on any atom is 0.330 e. The molecule has 12 nitrogen and oxygen atoms in total. The number of benzene rings is 6. The predicted octanol–water partition coefficient (Wildman–Crippen LogP) is 9.03. The van der Waals surface area contributed by atoms with Crippen molar-refractivity contribution < 1.29 is 24.3 Å². The fourth-order valence-electron chi connectivity index (χ4n) is 8.25. The fourth-order valence-corrected chi connectivity index (χ4v) is 8.25. The third-order valence-corrected chi connectivity index (χ3v) is 11.0. The zero-order valence-corrected chi connectivity index (χ0v) is 34.2. The van der Waals surface area contributed by atoms with Crippen molar-refractivity contribution in [1.82, 2.24) is 25.1 Å². The van der Waals surface area contributed by atoms with Gasteiger partial charge in [0.2, 0.25) is 5.82 Å². The maximum atomic E-state index is 14.3. The van der Waals surface area contributed by atoms with Crippen LogP contribution in [-0.2, 0) is 33.1 Å². The van der Waals surface area contributed by atoms with Gasteiger partial charge in [-0.15, -0.1) is 25.1 Å². The molecule has 7 aromatic rings. The van der Waals surface area contributed by atoms with E-state index in [0.717, 1.165) is 38.9 Å². The van der Waals surface area contributed by atoms with Crippen molar-refractivity contribution in [3.05, 3.63) is 207 Å². The van der Waals surface area contributed by atoms with E-state index in [-0.39, 0.29) is 19.1 Å². The van der Waals surface area contributed by atoms with Gasteiger partial charge in [0.1, 0.15) is 18.2 Å². The second-order valence-corrected chi connectivity index (χ2v) is 16.1. The highest BCUT2D eigenvalue weighted by molar-refractivity contribution is 6.01.